The van der Waals surface area contributed by atoms with E-state index in [2.05, 4.69) is 27.0 Å². The molecule has 0 aromatic carbocycles. The summed E-state index contributed by atoms with van der Waals surface area (Å²) >= 11 is 1.95. The minimum Gasteiger partial charge on any atom is -0.356 e. The molecule has 0 aromatic rings. The van der Waals surface area contributed by atoms with Gasteiger partial charge in [0.1, 0.15) is 0 Å². The second-order valence-electron chi connectivity index (χ2n) is 5.10. The molecular weight excluding hydrogens is 220 g/mol. The Labute approximate surface area is 105 Å². The third kappa shape index (κ3) is 7.53. The molecule has 0 N–H and O–H groups in total. The summed E-state index contributed by atoms with van der Waals surface area (Å²) in [7, 11) is 3.41. The Morgan fingerprint density at radius 1 is 1.19 bits per heavy atom. The van der Waals surface area contributed by atoms with Crippen LogP contribution in [0, 0.1) is 5.92 Å². The zero-order valence-corrected chi connectivity index (χ0v) is 12.5. The summed E-state index contributed by atoms with van der Waals surface area (Å²) in [5, 5.41) is 0. The molecule has 0 rings (SSSR count). The van der Waals surface area contributed by atoms with Gasteiger partial charge in [0.2, 0.25) is 0 Å². The monoisotopic (exact) mass is 248 g/mol. The molecule has 0 saturated carbocycles. The molecule has 0 heterocycles. The van der Waals surface area contributed by atoms with E-state index in [0.717, 1.165) is 6.42 Å². The number of thioether (sulfide) groups is 1. The lowest BCUT2D eigenvalue weighted by Gasteiger charge is -2.23. The van der Waals surface area contributed by atoms with Gasteiger partial charge in [-0.25, -0.2) is 0 Å². The summed E-state index contributed by atoms with van der Waals surface area (Å²) in [6.07, 6.45) is 6.97. The van der Waals surface area contributed by atoms with Crippen LogP contribution < -0.4 is 0 Å². The van der Waals surface area contributed by atoms with Gasteiger partial charge in [-0.15, -0.1) is 0 Å². The van der Waals surface area contributed by atoms with Crippen molar-refractivity contribution in [3.63, 3.8) is 0 Å². The molecule has 98 valence electrons. The average molecular weight is 248 g/mol. The normalized spacial score (nSPS) is 14.4. The van der Waals surface area contributed by atoms with Crippen LogP contribution in [0.15, 0.2) is 0 Å². The van der Waals surface area contributed by atoms with Gasteiger partial charge in [0.25, 0.3) is 0 Å². The maximum atomic E-state index is 5.21. The standard InChI is InChI=1S/C13H28O2S/c1-11(10-12(14-4)15-5)8-7-9-13(2,3)16-6/h11-12H,7-10H2,1-6H3. The number of rotatable bonds is 9. The topological polar surface area (TPSA) is 18.5 Å². The fraction of sp³-hybridized carbons (Fsp3) is 1.00. The quantitative estimate of drug-likeness (QED) is 0.576. The number of hydrogen-bond donors (Lipinski definition) is 0. The molecule has 0 aromatic heterocycles. The first-order valence-corrected chi connectivity index (χ1v) is 7.28. The highest BCUT2D eigenvalue weighted by Gasteiger charge is 2.17. The lowest BCUT2D eigenvalue weighted by Crippen LogP contribution is -2.18. The van der Waals surface area contributed by atoms with Gasteiger partial charge in [0.15, 0.2) is 6.29 Å². The maximum Gasteiger partial charge on any atom is 0.157 e. The van der Waals surface area contributed by atoms with E-state index in [1.165, 1.54) is 19.3 Å². The first kappa shape index (κ1) is 16.3. The predicted octanol–water partition coefficient (Wildman–Crippen LogP) is 3.94. The van der Waals surface area contributed by atoms with Crippen molar-refractivity contribution in [3.05, 3.63) is 0 Å². The number of ether oxygens (including phenoxy) is 2. The third-order valence-electron chi connectivity index (χ3n) is 3.15. The minimum atomic E-state index is -0.0384. The zero-order valence-electron chi connectivity index (χ0n) is 11.7. The molecule has 0 radical (unpaired) electrons. The summed E-state index contributed by atoms with van der Waals surface area (Å²) in [6, 6.07) is 0. The molecule has 3 heteroatoms. The summed E-state index contributed by atoms with van der Waals surface area (Å²) in [4.78, 5) is 0. The third-order valence-corrected chi connectivity index (χ3v) is 4.46. The first-order chi connectivity index (χ1) is 7.45. The summed E-state index contributed by atoms with van der Waals surface area (Å²) in [6.45, 7) is 6.90. The van der Waals surface area contributed by atoms with E-state index in [0.29, 0.717) is 10.7 Å². The lowest BCUT2D eigenvalue weighted by molar-refractivity contribution is -0.113. The predicted molar refractivity (Wildman–Crippen MR) is 73.0 cm³/mol. The van der Waals surface area contributed by atoms with E-state index >= 15 is 0 Å². The van der Waals surface area contributed by atoms with Crippen molar-refractivity contribution in [2.45, 2.75) is 57.5 Å². The largest absolute Gasteiger partial charge is 0.356 e. The Kier molecular flexibility index (Phi) is 8.52. The van der Waals surface area contributed by atoms with Gasteiger partial charge in [-0.2, -0.15) is 11.8 Å². The van der Waals surface area contributed by atoms with Crippen LogP contribution in [0.1, 0.15) is 46.5 Å². The smallest absolute Gasteiger partial charge is 0.157 e. The molecule has 1 atom stereocenters. The highest BCUT2D eigenvalue weighted by atomic mass is 32.2. The second-order valence-corrected chi connectivity index (χ2v) is 6.61. The van der Waals surface area contributed by atoms with Gasteiger partial charge < -0.3 is 9.47 Å². The fourth-order valence-corrected chi connectivity index (χ4v) is 2.06. The molecule has 0 aliphatic carbocycles. The van der Waals surface area contributed by atoms with E-state index in [1.54, 1.807) is 14.2 Å². The first-order valence-electron chi connectivity index (χ1n) is 6.06. The van der Waals surface area contributed by atoms with Crippen LogP contribution in [-0.2, 0) is 9.47 Å². The van der Waals surface area contributed by atoms with E-state index in [1.807, 2.05) is 11.8 Å². The Balaban J connectivity index is 3.69. The van der Waals surface area contributed by atoms with E-state index in [9.17, 15) is 0 Å². The Morgan fingerprint density at radius 3 is 2.19 bits per heavy atom. The number of hydrogen-bond acceptors (Lipinski definition) is 3. The molecule has 0 spiro atoms. The van der Waals surface area contributed by atoms with Gasteiger partial charge in [-0.3, -0.25) is 0 Å². The van der Waals surface area contributed by atoms with Crippen molar-refractivity contribution >= 4 is 11.8 Å². The zero-order chi connectivity index (χ0) is 12.6. The van der Waals surface area contributed by atoms with E-state index in [-0.39, 0.29) is 6.29 Å². The molecule has 0 aliphatic rings. The molecule has 2 nitrogen and oxygen atoms in total. The minimum absolute atomic E-state index is 0.0384. The van der Waals surface area contributed by atoms with Crippen molar-refractivity contribution in [1.82, 2.24) is 0 Å². The van der Waals surface area contributed by atoms with E-state index in [4.69, 9.17) is 9.47 Å². The van der Waals surface area contributed by atoms with Crippen LogP contribution in [0.4, 0.5) is 0 Å². The highest BCUT2D eigenvalue weighted by molar-refractivity contribution is 7.99. The molecule has 0 amide bonds. The second kappa shape index (κ2) is 8.37. The Hall–Kier alpha value is 0.270. The van der Waals surface area contributed by atoms with Gasteiger partial charge in [0.05, 0.1) is 0 Å². The van der Waals surface area contributed by atoms with Crippen molar-refractivity contribution in [1.29, 1.82) is 0 Å². The lowest BCUT2D eigenvalue weighted by atomic mass is 9.97. The summed E-state index contributed by atoms with van der Waals surface area (Å²) in [5.74, 6) is 0.669. The van der Waals surface area contributed by atoms with Crippen molar-refractivity contribution in [2.24, 2.45) is 5.92 Å². The van der Waals surface area contributed by atoms with Crippen molar-refractivity contribution in [3.8, 4) is 0 Å². The van der Waals surface area contributed by atoms with Crippen LogP contribution in [-0.4, -0.2) is 31.5 Å². The van der Waals surface area contributed by atoms with Crippen molar-refractivity contribution < 1.29 is 9.47 Å². The average Bonchev–Trinajstić information content (AvgIpc) is 2.25. The van der Waals surface area contributed by atoms with Gasteiger partial charge in [-0.05, 0) is 18.6 Å². The maximum absolute atomic E-state index is 5.21. The fourth-order valence-electron chi connectivity index (χ4n) is 1.71. The Bertz CT molecular complexity index is 167. The van der Waals surface area contributed by atoms with Crippen LogP contribution in [0.3, 0.4) is 0 Å². The molecule has 0 saturated heterocycles. The molecule has 0 bridgehead atoms. The summed E-state index contributed by atoms with van der Waals surface area (Å²) < 4.78 is 10.8. The van der Waals surface area contributed by atoms with Gasteiger partial charge in [-0.1, -0.05) is 33.6 Å². The highest BCUT2D eigenvalue weighted by Crippen LogP contribution is 2.28. The van der Waals surface area contributed by atoms with Crippen LogP contribution >= 0.6 is 11.8 Å². The van der Waals surface area contributed by atoms with Crippen LogP contribution in [0.5, 0.6) is 0 Å². The van der Waals surface area contributed by atoms with E-state index < -0.39 is 0 Å². The van der Waals surface area contributed by atoms with Gasteiger partial charge in [0, 0.05) is 25.4 Å². The molecule has 16 heavy (non-hydrogen) atoms. The number of methoxy groups -OCH3 is 2. The van der Waals surface area contributed by atoms with Gasteiger partial charge >= 0.3 is 0 Å². The molecular formula is C13H28O2S. The molecule has 1 unspecified atom stereocenters. The Morgan fingerprint density at radius 2 is 1.75 bits per heavy atom. The van der Waals surface area contributed by atoms with Crippen molar-refractivity contribution in [2.75, 3.05) is 20.5 Å². The SMILES string of the molecule is COC(CC(C)CCCC(C)(C)SC)OC. The molecule has 0 fully saturated rings. The van der Waals surface area contributed by atoms with Crippen LogP contribution in [0.25, 0.3) is 0 Å². The molecule has 0 aliphatic heterocycles. The summed E-state index contributed by atoms with van der Waals surface area (Å²) in [5.41, 5.74) is 0. The van der Waals surface area contributed by atoms with Crippen LogP contribution in [0.2, 0.25) is 0 Å².